The number of carbonyl (C=O) groups excluding carboxylic acids is 1. The number of rotatable bonds is 4. The fourth-order valence-corrected chi connectivity index (χ4v) is 4.13. The summed E-state index contributed by atoms with van der Waals surface area (Å²) in [4.78, 5) is 20.7. The molecule has 2 unspecified atom stereocenters. The molecule has 3 aliphatic rings. The molecule has 2 atom stereocenters. The van der Waals surface area contributed by atoms with Gasteiger partial charge in [-0.15, -0.1) is 0 Å². The molecule has 0 spiro atoms. The smallest absolute Gasteiger partial charge is 0.374 e. The van der Waals surface area contributed by atoms with Gasteiger partial charge in [0.25, 0.3) is 11.5 Å². The summed E-state index contributed by atoms with van der Waals surface area (Å²) in [5, 5.41) is 6.41. The molecule has 2 heterocycles. The lowest BCUT2D eigenvalue weighted by molar-refractivity contribution is -0.251. The van der Waals surface area contributed by atoms with Gasteiger partial charge in [-0.1, -0.05) is 17.3 Å². The van der Waals surface area contributed by atoms with Gasteiger partial charge in [0, 0.05) is 23.2 Å². The fourth-order valence-electron chi connectivity index (χ4n) is 4.13. The third-order valence-electron chi connectivity index (χ3n) is 6.14. The predicted molar refractivity (Wildman–Crippen MR) is 113 cm³/mol. The molecule has 0 radical (unpaired) electrons. The first-order chi connectivity index (χ1) is 15.8. The van der Waals surface area contributed by atoms with Crippen LogP contribution in [0, 0.1) is 6.92 Å². The second-order valence-electron chi connectivity index (χ2n) is 8.93. The number of alkyl halides is 6. The van der Waals surface area contributed by atoms with E-state index in [9.17, 15) is 31.1 Å². The molecule has 2 aliphatic heterocycles. The summed E-state index contributed by atoms with van der Waals surface area (Å²) in [6, 6.07) is 3.71. The molecule has 1 aliphatic carbocycles. The van der Waals surface area contributed by atoms with Crippen LogP contribution in [0.25, 0.3) is 0 Å². The zero-order valence-corrected chi connectivity index (χ0v) is 18.5. The van der Waals surface area contributed by atoms with Crippen LogP contribution < -0.4 is 5.32 Å². The Hall–Kier alpha value is -2.85. The fraction of sp³-hybridized carbons (Fsp3) is 0.522. The summed E-state index contributed by atoms with van der Waals surface area (Å²) in [6.45, 7) is 3.05. The summed E-state index contributed by atoms with van der Waals surface area (Å²) in [7, 11) is 0. The number of amides is 1. The van der Waals surface area contributed by atoms with E-state index in [-0.39, 0.29) is 36.1 Å². The van der Waals surface area contributed by atoms with E-state index in [1.807, 2.05) is 0 Å². The van der Waals surface area contributed by atoms with Crippen molar-refractivity contribution in [1.29, 1.82) is 0 Å². The average Bonchev–Trinajstić information content (AvgIpc) is 3.45. The molecule has 184 valence electrons. The standard InChI is InChI=1S/C23H23F6N3O2/c1-12-10-14(6-9-16(12)20(33)31-15-7-8-15)18-11-21(34-32-18,23(27,28)29)17-5-3-4-13(2)30-19(17)22(24,25)26/h5-6,9-10,13,15H,3-4,7-8,11H2,1-2H3,(H,31,33). The molecule has 1 fully saturated rings. The maximum absolute atomic E-state index is 14.3. The number of hydrogen-bond donors (Lipinski definition) is 1. The highest BCUT2D eigenvalue weighted by molar-refractivity contribution is 6.09. The Morgan fingerprint density at radius 2 is 1.85 bits per heavy atom. The molecule has 1 aromatic rings. The molecule has 1 N–H and O–H groups in total. The second kappa shape index (κ2) is 8.42. The van der Waals surface area contributed by atoms with Gasteiger partial charge in [-0.2, -0.15) is 26.3 Å². The van der Waals surface area contributed by atoms with E-state index in [0.717, 1.165) is 18.9 Å². The Kier molecular flexibility index (Phi) is 6.02. The topological polar surface area (TPSA) is 63.1 Å². The number of allylic oxidation sites excluding steroid dienone is 1. The monoisotopic (exact) mass is 487 g/mol. The number of oxime groups is 1. The van der Waals surface area contributed by atoms with Crippen molar-refractivity contribution in [3.8, 4) is 0 Å². The number of benzene rings is 1. The lowest BCUT2D eigenvalue weighted by Crippen LogP contribution is -2.51. The zero-order chi connectivity index (χ0) is 24.9. The molecule has 34 heavy (non-hydrogen) atoms. The number of halogens is 6. The van der Waals surface area contributed by atoms with Gasteiger partial charge >= 0.3 is 12.4 Å². The van der Waals surface area contributed by atoms with Crippen LogP contribution in [0.5, 0.6) is 0 Å². The van der Waals surface area contributed by atoms with E-state index >= 15 is 0 Å². The van der Waals surface area contributed by atoms with Gasteiger partial charge in [-0.25, -0.2) is 0 Å². The summed E-state index contributed by atoms with van der Waals surface area (Å²) >= 11 is 0. The molecule has 5 nitrogen and oxygen atoms in total. The van der Waals surface area contributed by atoms with Crippen LogP contribution >= 0.6 is 0 Å². The van der Waals surface area contributed by atoms with Crippen molar-refractivity contribution < 1.29 is 36.0 Å². The van der Waals surface area contributed by atoms with Crippen LogP contribution in [0.15, 0.2) is 40.0 Å². The minimum atomic E-state index is -5.19. The zero-order valence-electron chi connectivity index (χ0n) is 18.5. The number of nitrogens with one attached hydrogen (secondary N) is 1. The van der Waals surface area contributed by atoms with E-state index < -0.39 is 41.7 Å². The van der Waals surface area contributed by atoms with Crippen molar-refractivity contribution in [2.75, 3.05) is 0 Å². The van der Waals surface area contributed by atoms with Gasteiger partial charge in [0.2, 0.25) is 0 Å². The highest BCUT2D eigenvalue weighted by Crippen LogP contribution is 2.49. The maximum Gasteiger partial charge on any atom is 0.435 e. The molecule has 1 aromatic carbocycles. The van der Waals surface area contributed by atoms with Crippen LogP contribution in [0.2, 0.25) is 0 Å². The van der Waals surface area contributed by atoms with E-state index in [4.69, 9.17) is 4.84 Å². The van der Waals surface area contributed by atoms with Crippen LogP contribution in [0.3, 0.4) is 0 Å². The summed E-state index contributed by atoms with van der Waals surface area (Å²) in [5.41, 5.74) is -5.01. The molecular formula is C23H23F6N3O2. The molecule has 0 aromatic heterocycles. The number of carbonyl (C=O) groups is 1. The summed E-state index contributed by atoms with van der Waals surface area (Å²) in [6.07, 6.45) is -8.36. The van der Waals surface area contributed by atoms with Crippen LogP contribution in [0.4, 0.5) is 26.3 Å². The Labute approximate surface area is 191 Å². The first-order valence-electron chi connectivity index (χ1n) is 10.9. The van der Waals surface area contributed by atoms with E-state index in [1.54, 1.807) is 6.92 Å². The number of aliphatic imine (C=N–C) groups is 1. The highest BCUT2D eigenvalue weighted by atomic mass is 19.4. The van der Waals surface area contributed by atoms with Crippen molar-refractivity contribution in [2.45, 2.75) is 76.0 Å². The van der Waals surface area contributed by atoms with Crippen molar-refractivity contribution >= 4 is 17.3 Å². The Balaban J connectivity index is 1.67. The van der Waals surface area contributed by atoms with Crippen LogP contribution in [-0.4, -0.2) is 47.4 Å². The molecule has 0 bridgehead atoms. The Morgan fingerprint density at radius 1 is 1.15 bits per heavy atom. The van der Waals surface area contributed by atoms with Gasteiger partial charge in [-0.3, -0.25) is 9.79 Å². The summed E-state index contributed by atoms with van der Waals surface area (Å²) < 4.78 is 84.4. The van der Waals surface area contributed by atoms with E-state index in [0.29, 0.717) is 11.1 Å². The third kappa shape index (κ3) is 4.56. The van der Waals surface area contributed by atoms with Gasteiger partial charge in [0.05, 0.1) is 12.1 Å². The summed E-state index contributed by atoms with van der Waals surface area (Å²) in [5.74, 6) is -0.287. The minimum Gasteiger partial charge on any atom is -0.374 e. The van der Waals surface area contributed by atoms with Crippen molar-refractivity contribution in [1.82, 2.24) is 5.32 Å². The lowest BCUT2D eigenvalue weighted by atomic mass is 9.82. The molecule has 11 heteroatoms. The van der Waals surface area contributed by atoms with Crippen LogP contribution in [0.1, 0.15) is 60.5 Å². The lowest BCUT2D eigenvalue weighted by Gasteiger charge is -2.32. The average molecular weight is 487 g/mol. The molecule has 1 amide bonds. The van der Waals surface area contributed by atoms with Crippen molar-refractivity contribution in [3.05, 3.63) is 46.5 Å². The number of aryl methyl sites for hydroxylation is 1. The molecule has 0 saturated heterocycles. The second-order valence-corrected chi connectivity index (χ2v) is 8.93. The molecule has 4 rings (SSSR count). The van der Waals surface area contributed by atoms with Crippen LogP contribution in [-0.2, 0) is 4.84 Å². The Bertz CT molecular complexity index is 1090. The first-order valence-corrected chi connectivity index (χ1v) is 10.9. The largest absolute Gasteiger partial charge is 0.435 e. The molecular weight excluding hydrogens is 464 g/mol. The molecule has 1 saturated carbocycles. The van der Waals surface area contributed by atoms with Gasteiger partial charge in [0.15, 0.2) is 0 Å². The van der Waals surface area contributed by atoms with Gasteiger partial charge in [0.1, 0.15) is 5.71 Å². The maximum atomic E-state index is 14.3. The first kappa shape index (κ1) is 24.3. The van der Waals surface area contributed by atoms with E-state index in [1.165, 1.54) is 25.1 Å². The predicted octanol–water partition coefficient (Wildman–Crippen LogP) is 5.42. The number of hydrogen-bond acceptors (Lipinski definition) is 4. The Morgan fingerprint density at radius 3 is 2.44 bits per heavy atom. The van der Waals surface area contributed by atoms with Gasteiger partial charge < -0.3 is 10.2 Å². The van der Waals surface area contributed by atoms with Crippen molar-refractivity contribution in [3.63, 3.8) is 0 Å². The van der Waals surface area contributed by atoms with E-state index in [2.05, 4.69) is 15.5 Å². The minimum absolute atomic E-state index is 0.0139. The quantitative estimate of drug-likeness (QED) is 0.577. The third-order valence-corrected chi connectivity index (χ3v) is 6.14. The number of nitrogens with zero attached hydrogens (tertiary/aromatic N) is 2. The normalized spacial score (nSPS) is 25.6. The SMILES string of the molecule is Cc1cc(C2=NOC(C3=CCCC(C)N=C3C(F)(F)F)(C(F)(F)F)C2)ccc1C(=O)NC1CC1. The van der Waals surface area contributed by atoms with Gasteiger partial charge in [-0.05, 0) is 62.8 Å². The highest BCUT2D eigenvalue weighted by Gasteiger charge is 2.66. The van der Waals surface area contributed by atoms with Crippen molar-refractivity contribution in [2.24, 2.45) is 10.1 Å².